The number of hydrogen-bond acceptors (Lipinski definition) is 4. The van der Waals surface area contributed by atoms with Crippen LogP contribution < -0.4 is 10.6 Å². The number of carboxylic acids is 1. The molecule has 4 N–H and O–H groups in total. The second-order valence-corrected chi connectivity index (χ2v) is 4.25. The number of urea groups is 1. The van der Waals surface area contributed by atoms with Gasteiger partial charge < -0.3 is 15.7 Å². The van der Waals surface area contributed by atoms with Crippen LogP contribution in [0.2, 0.25) is 0 Å². The van der Waals surface area contributed by atoms with E-state index in [1.807, 2.05) is 0 Å². The molecule has 1 aliphatic carbocycles. The summed E-state index contributed by atoms with van der Waals surface area (Å²) in [5, 5.41) is 20.6. The predicted octanol–water partition coefficient (Wildman–Crippen LogP) is -0.324. The molecule has 2 amide bonds. The van der Waals surface area contributed by atoms with Gasteiger partial charge in [0.15, 0.2) is 0 Å². The Morgan fingerprint density at radius 2 is 2.32 bits per heavy atom. The normalized spacial score (nSPS) is 21.3. The number of aromatic nitrogens is 3. The summed E-state index contributed by atoms with van der Waals surface area (Å²) in [5.74, 6) is -0.683. The maximum absolute atomic E-state index is 11.6. The molecule has 19 heavy (non-hydrogen) atoms. The summed E-state index contributed by atoms with van der Waals surface area (Å²) in [6.07, 6.45) is 5.66. The first-order chi connectivity index (χ1) is 9.15. The Kier molecular flexibility index (Phi) is 4.11. The van der Waals surface area contributed by atoms with Gasteiger partial charge in [-0.25, -0.2) is 9.78 Å². The molecule has 8 heteroatoms. The number of amides is 2. The molecular weight excluding hydrogens is 250 g/mol. The van der Waals surface area contributed by atoms with Gasteiger partial charge >= 0.3 is 12.0 Å². The third-order valence-corrected chi connectivity index (χ3v) is 2.83. The average molecular weight is 265 g/mol. The molecule has 8 nitrogen and oxygen atoms in total. The molecule has 1 heterocycles. The number of aromatic amines is 1. The number of rotatable bonds is 5. The van der Waals surface area contributed by atoms with Gasteiger partial charge in [0.25, 0.3) is 0 Å². The lowest BCUT2D eigenvalue weighted by Crippen LogP contribution is -2.41. The predicted molar refractivity (Wildman–Crippen MR) is 65.3 cm³/mol. The smallest absolute Gasteiger partial charge is 0.315 e. The standard InChI is InChI=1S/C11H15N5O3/c17-10(18)7-1-2-8(5-7)15-11(19)12-4-3-9-13-6-14-16-9/h1-2,6-8H,3-5H2,(H,17,18)(H2,12,15,19)(H,13,14,16). The van der Waals surface area contributed by atoms with Gasteiger partial charge in [0.05, 0.1) is 12.0 Å². The Hall–Kier alpha value is -2.38. The highest BCUT2D eigenvalue weighted by Gasteiger charge is 2.25. The Morgan fingerprint density at radius 1 is 1.47 bits per heavy atom. The summed E-state index contributed by atoms with van der Waals surface area (Å²) < 4.78 is 0. The van der Waals surface area contributed by atoms with E-state index in [0.29, 0.717) is 25.2 Å². The number of aliphatic carboxylic acids is 1. The largest absolute Gasteiger partial charge is 0.481 e. The molecule has 1 aliphatic rings. The van der Waals surface area contributed by atoms with Gasteiger partial charge in [0.2, 0.25) is 0 Å². The molecule has 0 aliphatic heterocycles. The van der Waals surface area contributed by atoms with E-state index < -0.39 is 11.9 Å². The first-order valence-corrected chi connectivity index (χ1v) is 5.95. The fourth-order valence-electron chi connectivity index (χ4n) is 1.85. The molecule has 102 valence electrons. The minimum atomic E-state index is -0.869. The summed E-state index contributed by atoms with van der Waals surface area (Å²) in [6.45, 7) is 0.430. The van der Waals surface area contributed by atoms with Crippen molar-refractivity contribution in [1.29, 1.82) is 0 Å². The molecular formula is C11H15N5O3. The lowest BCUT2D eigenvalue weighted by molar-refractivity contribution is -0.140. The zero-order valence-corrected chi connectivity index (χ0v) is 10.2. The number of hydrogen-bond donors (Lipinski definition) is 4. The average Bonchev–Trinajstić information content (AvgIpc) is 3.00. The first kappa shape index (κ1) is 13.1. The van der Waals surface area contributed by atoms with Crippen LogP contribution in [0.15, 0.2) is 18.5 Å². The maximum Gasteiger partial charge on any atom is 0.315 e. The second kappa shape index (κ2) is 5.98. The molecule has 1 aromatic rings. The van der Waals surface area contributed by atoms with Crippen molar-refractivity contribution in [2.24, 2.45) is 5.92 Å². The van der Waals surface area contributed by atoms with E-state index in [9.17, 15) is 9.59 Å². The molecule has 0 radical (unpaired) electrons. The monoisotopic (exact) mass is 265 g/mol. The second-order valence-electron chi connectivity index (χ2n) is 4.25. The third kappa shape index (κ3) is 3.80. The molecule has 0 saturated heterocycles. The van der Waals surface area contributed by atoms with Crippen molar-refractivity contribution < 1.29 is 14.7 Å². The van der Waals surface area contributed by atoms with Gasteiger partial charge in [-0.2, -0.15) is 5.10 Å². The third-order valence-electron chi connectivity index (χ3n) is 2.83. The van der Waals surface area contributed by atoms with Crippen LogP contribution in [-0.2, 0) is 11.2 Å². The van der Waals surface area contributed by atoms with Crippen LogP contribution >= 0.6 is 0 Å². The van der Waals surface area contributed by atoms with Crippen molar-refractivity contribution in [2.75, 3.05) is 6.54 Å². The number of nitrogens with zero attached hydrogens (tertiary/aromatic N) is 2. The molecule has 2 unspecified atom stereocenters. The van der Waals surface area contributed by atoms with Crippen LogP contribution in [0.3, 0.4) is 0 Å². The summed E-state index contributed by atoms with van der Waals surface area (Å²) in [7, 11) is 0. The van der Waals surface area contributed by atoms with Crippen molar-refractivity contribution in [2.45, 2.75) is 18.9 Å². The molecule has 1 aromatic heterocycles. The Labute approximate surface area is 109 Å². The summed E-state index contributed by atoms with van der Waals surface area (Å²) in [5.41, 5.74) is 0. The Bertz CT molecular complexity index is 471. The highest BCUT2D eigenvalue weighted by Crippen LogP contribution is 2.17. The maximum atomic E-state index is 11.6. The van der Waals surface area contributed by atoms with Gasteiger partial charge in [-0.15, -0.1) is 0 Å². The molecule has 0 bridgehead atoms. The van der Waals surface area contributed by atoms with Crippen molar-refractivity contribution >= 4 is 12.0 Å². The lowest BCUT2D eigenvalue weighted by atomic mass is 10.1. The summed E-state index contributed by atoms with van der Waals surface area (Å²) in [6, 6.07) is -0.549. The van der Waals surface area contributed by atoms with Gasteiger partial charge in [-0.05, 0) is 6.42 Å². The van der Waals surface area contributed by atoms with Crippen LogP contribution in [0.5, 0.6) is 0 Å². The Morgan fingerprint density at radius 3 is 2.95 bits per heavy atom. The number of nitrogens with one attached hydrogen (secondary N) is 3. The molecule has 0 spiro atoms. The summed E-state index contributed by atoms with van der Waals surface area (Å²) >= 11 is 0. The molecule has 2 atom stereocenters. The number of carboxylic acid groups (broad SMARTS) is 1. The zero-order chi connectivity index (χ0) is 13.7. The van der Waals surface area contributed by atoms with E-state index in [1.165, 1.54) is 6.33 Å². The molecule has 2 rings (SSSR count). The van der Waals surface area contributed by atoms with E-state index >= 15 is 0 Å². The van der Waals surface area contributed by atoms with Crippen molar-refractivity contribution in [3.63, 3.8) is 0 Å². The quantitative estimate of drug-likeness (QED) is 0.544. The fourth-order valence-corrected chi connectivity index (χ4v) is 1.85. The van der Waals surface area contributed by atoms with Gasteiger partial charge in [-0.3, -0.25) is 9.89 Å². The number of H-pyrrole nitrogens is 1. The minimum absolute atomic E-state index is 0.230. The summed E-state index contributed by atoms with van der Waals surface area (Å²) in [4.78, 5) is 26.2. The lowest BCUT2D eigenvalue weighted by Gasteiger charge is -2.12. The Balaban J connectivity index is 1.65. The zero-order valence-electron chi connectivity index (χ0n) is 10.2. The topological polar surface area (TPSA) is 120 Å². The van der Waals surface area contributed by atoms with E-state index in [2.05, 4.69) is 25.8 Å². The van der Waals surface area contributed by atoms with Crippen LogP contribution in [-0.4, -0.2) is 44.9 Å². The first-order valence-electron chi connectivity index (χ1n) is 5.95. The minimum Gasteiger partial charge on any atom is -0.481 e. The van der Waals surface area contributed by atoms with E-state index in [0.717, 1.165) is 0 Å². The highest BCUT2D eigenvalue weighted by molar-refractivity contribution is 5.76. The SMILES string of the molecule is O=C(NCCc1ncn[nH]1)NC1C=CC(C(=O)O)C1. The molecule has 0 aromatic carbocycles. The van der Waals surface area contributed by atoms with E-state index in [-0.39, 0.29) is 12.1 Å². The van der Waals surface area contributed by atoms with Crippen LogP contribution in [0.25, 0.3) is 0 Å². The van der Waals surface area contributed by atoms with Crippen molar-refractivity contribution in [3.05, 3.63) is 24.3 Å². The fraction of sp³-hybridized carbons (Fsp3) is 0.455. The van der Waals surface area contributed by atoms with Gasteiger partial charge in [0, 0.05) is 13.0 Å². The van der Waals surface area contributed by atoms with Crippen LogP contribution in [0.4, 0.5) is 4.79 Å². The number of carbonyl (C=O) groups excluding carboxylic acids is 1. The van der Waals surface area contributed by atoms with Crippen molar-refractivity contribution in [3.8, 4) is 0 Å². The van der Waals surface area contributed by atoms with Crippen molar-refractivity contribution in [1.82, 2.24) is 25.8 Å². The van der Waals surface area contributed by atoms with Crippen LogP contribution in [0, 0.1) is 5.92 Å². The van der Waals surface area contributed by atoms with Gasteiger partial charge in [-0.1, -0.05) is 12.2 Å². The molecule has 0 fully saturated rings. The molecule has 0 saturated carbocycles. The van der Waals surface area contributed by atoms with E-state index in [4.69, 9.17) is 5.11 Å². The number of carbonyl (C=O) groups is 2. The van der Waals surface area contributed by atoms with E-state index in [1.54, 1.807) is 12.2 Å². The van der Waals surface area contributed by atoms with Crippen LogP contribution in [0.1, 0.15) is 12.2 Å². The van der Waals surface area contributed by atoms with Gasteiger partial charge in [0.1, 0.15) is 12.2 Å². The highest BCUT2D eigenvalue weighted by atomic mass is 16.4.